The average Bonchev–Trinajstić information content (AvgIpc) is 2.55. The van der Waals surface area contributed by atoms with Crippen LogP contribution in [-0.4, -0.2) is 12.2 Å². The molecule has 1 nitrogen and oxygen atoms in total. The van der Waals surface area contributed by atoms with Gasteiger partial charge in [0, 0.05) is 7.11 Å². The van der Waals surface area contributed by atoms with Gasteiger partial charge in [0.05, 0.1) is 0 Å². The molecule has 0 fully saturated rings. The molecular formula is C10H12O. The first-order valence-electron chi connectivity index (χ1n) is 3.66. The summed E-state index contributed by atoms with van der Waals surface area (Å²) in [5.74, 6) is 0. The summed E-state index contributed by atoms with van der Waals surface area (Å²) in [6.45, 7) is 0. The van der Waals surface area contributed by atoms with E-state index in [0.717, 1.165) is 13.5 Å². The third kappa shape index (κ3) is 1.69. The van der Waals surface area contributed by atoms with Gasteiger partial charge >= 0.3 is 0 Å². The highest BCUT2D eigenvalue weighted by Gasteiger charge is 2.00. The van der Waals surface area contributed by atoms with E-state index in [-0.39, 0.29) is 0 Å². The number of allylic oxidation sites excluding steroid dienone is 1. The Kier molecular flexibility index (Phi) is 2.87. The normalized spacial score (nSPS) is 11.8. The highest BCUT2D eigenvalue weighted by molar-refractivity contribution is 5.59. The standard InChI is InChI=1S/C9H8.CH4O/c1-2-5-9-7-3-6-8(9)4-1;1-2/h1-6H,7H2;2H,1H3. The molecule has 0 bridgehead atoms. The number of hydrogen-bond donors (Lipinski definition) is 1. The Bertz CT molecular complexity index is 251. The van der Waals surface area contributed by atoms with E-state index in [2.05, 4.69) is 36.4 Å². The van der Waals surface area contributed by atoms with Crippen LogP contribution in [0.25, 0.3) is 6.08 Å². The Morgan fingerprint density at radius 1 is 1.18 bits per heavy atom. The van der Waals surface area contributed by atoms with Gasteiger partial charge in [-0.25, -0.2) is 0 Å². The highest BCUT2D eigenvalue weighted by Crippen LogP contribution is 2.17. The zero-order chi connectivity index (χ0) is 8.10. The predicted octanol–water partition coefficient (Wildman–Crippen LogP) is 1.86. The zero-order valence-electron chi connectivity index (χ0n) is 6.62. The molecule has 2 rings (SSSR count). The zero-order valence-corrected chi connectivity index (χ0v) is 6.62. The Balaban J connectivity index is 0.000000281. The van der Waals surface area contributed by atoms with Crippen LogP contribution < -0.4 is 0 Å². The van der Waals surface area contributed by atoms with Crippen molar-refractivity contribution >= 4 is 6.08 Å². The molecule has 0 saturated carbocycles. The summed E-state index contributed by atoms with van der Waals surface area (Å²) in [7, 11) is 1.00. The Morgan fingerprint density at radius 3 is 2.64 bits per heavy atom. The number of benzene rings is 1. The summed E-state index contributed by atoms with van der Waals surface area (Å²) < 4.78 is 0. The van der Waals surface area contributed by atoms with Crippen molar-refractivity contribution in [3.8, 4) is 0 Å². The van der Waals surface area contributed by atoms with Gasteiger partial charge in [0.25, 0.3) is 0 Å². The van der Waals surface area contributed by atoms with Gasteiger partial charge in [-0.1, -0.05) is 36.4 Å². The van der Waals surface area contributed by atoms with Crippen molar-refractivity contribution in [2.24, 2.45) is 0 Å². The van der Waals surface area contributed by atoms with Crippen LogP contribution in [0.5, 0.6) is 0 Å². The van der Waals surface area contributed by atoms with Crippen LogP contribution >= 0.6 is 0 Å². The molecule has 0 radical (unpaired) electrons. The van der Waals surface area contributed by atoms with Crippen LogP contribution in [0, 0.1) is 0 Å². The Labute approximate surface area is 67.0 Å². The molecule has 0 amide bonds. The van der Waals surface area contributed by atoms with Gasteiger partial charge in [-0.05, 0) is 17.5 Å². The fourth-order valence-corrected chi connectivity index (χ4v) is 1.20. The van der Waals surface area contributed by atoms with Gasteiger partial charge in [0.15, 0.2) is 0 Å². The smallest absolute Gasteiger partial charge is 0.0319 e. The minimum absolute atomic E-state index is 1.00. The van der Waals surface area contributed by atoms with Gasteiger partial charge in [-0.15, -0.1) is 0 Å². The van der Waals surface area contributed by atoms with Crippen molar-refractivity contribution in [2.45, 2.75) is 6.42 Å². The Morgan fingerprint density at radius 2 is 1.91 bits per heavy atom. The van der Waals surface area contributed by atoms with Crippen molar-refractivity contribution in [1.29, 1.82) is 0 Å². The second kappa shape index (κ2) is 3.94. The SMILES string of the molecule is C1=Cc2ccccc2C1.CO. The lowest BCUT2D eigenvalue weighted by Crippen LogP contribution is -1.76. The lowest BCUT2D eigenvalue weighted by atomic mass is 10.1. The van der Waals surface area contributed by atoms with Crippen LogP contribution in [0.2, 0.25) is 0 Å². The van der Waals surface area contributed by atoms with Gasteiger partial charge in [-0.2, -0.15) is 0 Å². The molecule has 0 heterocycles. The molecule has 1 N–H and O–H groups in total. The van der Waals surface area contributed by atoms with E-state index >= 15 is 0 Å². The minimum atomic E-state index is 1.00. The maximum Gasteiger partial charge on any atom is 0.0319 e. The largest absolute Gasteiger partial charge is 0.400 e. The van der Waals surface area contributed by atoms with Gasteiger partial charge in [0.1, 0.15) is 0 Å². The maximum atomic E-state index is 7.00. The monoisotopic (exact) mass is 148 g/mol. The second-order valence-corrected chi connectivity index (χ2v) is 2.31. The van der Waals surface area contributed by atoms with E-state index < -0.39 is 0 Å². The minimum Gasteiger partial charge on any atom is -0.400 e. The number of aliphatic hydroxyl groups is 1. The molecule has 1 aliphatic rings. The van der Waals surface area contributed by atoms with Crippen LogP contribution in [0.15, 0.2) is 30.3 Å². The van der Waals surface area contributed by atoms with E-state index in [1.807, 2.05) is 0 Å². The van der Waals surface area contributed by atoms with Crippen LogP contribution in [0.3, 0.4) is 0 Å². The van der Waals surface area contributed by atoms with Gasteiger partial charge < -0.3 is 5.11 Å². The second-order valence-electron chi connectivity index (χ2n) is 2.31. The van der Waals surface area contributed by atoms with E-state index in [1.165, 1.54) is 11.1 Å². The van der Waals surface area contributed by atoms with Crippen LogP contribution in [-0.2, 0) is 6.42 Å². The summed E-state index contributed by atoms with van der Waals surface area (Å²) in [4.78, 5) is 0. The molecule has 1 aromatic carbocycles. The van der Waals surface area contributed by atoms with Gasteiger partial charge in [-0.3, -0.25) is 0 Å². The predicted molar refractivity (Wildman–Crippen MR) is 47.3 cm³/mol. The number of aliphatic hydroxyl groups excluding tert-OH is 1. The summed E-state index contributed by atoms with van der Waals surface area (Å²) >= 11 is 0. The van der Waals surface area contributed by atoms with Crippen molar-refractivity contribution in [3.63, 3.8) is 0 Å². The number of rotatable bonds is 0. The summed E-state index contributed by atoms with van der Waals surface area (Å²) in [6, 6.07) is 8.49. The molecule has 0 unspecified atom stereocenters. The highest BCUT2D eigenvalue weighted by atomic mass is 16.2. The molecule has 1 aliphatic carbocycles. The molecule has 11 heavy (non-hydrogen) atoms. The van der Waals surface area contributed by atoms with E-state index in [0.29, 0.717) is 0 Å². The molecular weight excluding hydrogens is 136 g/mol. The molecule has 0 saturated heterocycles. The molecule has 0 aromatic heterocycles. The molecule has 1 aromatic rings. The average molecular weight is 148 g/mol. The lowest BCUT2D eigenvalue weighted by molar-refractivity contribution is 0.399. The van der Waals surface area contributed by atoms with E-state index in [1.54, 1.807) is 0 Å². The lowest BCUT2D eigenvalue weighted by Gasteiger charge is -1.93. The molecule has 58 valence electrons. The molecule has 1 heteroatoms. The topological polar surface area (TPSA) is 20.2 Å². The first-order chi connectivity index (χ1) is 5.47. The van der Waals surface area contributed by atoms with Crippen LogP contribution in [0.1, 0.15) is 11.1 Å². The van der Waals surface area contributed by atoms with Crippen molar-refractivity contribution in [1.82, 2.24) is 0 Å². The number of hydrogen-bond acceptors (Lipinski definition) is 1. The fourth-order valence-electron chi connectivity index (χ4n) is 1.20. The molecule has 0 spiro atoms. The van der Waals surface area contributed by atoms with E-state index in [4.69, 9.17) is 5.11 Å². The number of fused-ring (bicyclic) bond motifs is 1. The maximum absolute atomic E-state index is 7.00. The summed E-state index contributed by atoms with van der Waals surface area (Å²) in [5, 5.41) is 7.00. The first kappa shape index (κ1) is 8.02. The van der Waals surface area contributed by atoms with Crippen molar-refractivity contribution in [2.75, 3.05) is 7.11 Å². The summed E-state index contributed by atoms with van der Waals surface area (Å²) in [6.07, 6.45) is 5.50. The third-order valence-corrected chi connectivity index (χ3v) is 1.69. The fraction of sp³-hybridized carbons (Fsp3) is 0.200. The Hall–Kier alpha value is -1.08. The van der Waals surface area contributed by atoms with Crippen molar-refractivity contribution < 1.29 is 5.11 Å². The summed E-state index contributed by atoms with van der Waals surface area (Å²) in [5.41, 5.74) is 2.84. The van der Waals surface area contributed by atoms with Gasteiger partial charge in [0.2, 0.25) is 0 Å². The molecule has 0 aliphatic heterocycles. The van der Waals surface area contributed by atoms with E-state index in [9.17, 15) is 0 Å². The quantitative estimate of drug-likeness (QED) is 0.595. The van der Waals surface area contributed by atoms with Crippen molar-refractivity contribution in [3.05, 3.63) is 41.5 Å². The van der Waals surface area contributed by atoms with Crippen LogP contribution in [0.4, 0.5) is 0 Å². The first-order valence-corrected chi connectivity index (χ1v) is 3.66. The molecule has 0 atom stereocenters. The third-order valence-electron chi connectivity index (χ3n) is 1.69.